The number of aliphatic hydroxyl groups excluding tert-OH is 1. The molecule has 0 aliphatic carbocycles. The standard InChI is InChI=1S/C25H35N7O3/c1-26-24(34)16-31-10-7-20(8-11-31)30-23-12-22(28-17-29-23)25(35)27-13-21(33)15-32-9-6-18-4-2-3-5-19(18)14-32/h2-5,12,17,20-21,33H,6-11,13-16H2,1H3,(H,26,34)(H,27,35)(H,28,29,30)/t21-/m0/s1. The van der Waals surface area contributed by atoms with Crippen LogP contribution in [0.15, 0.2) is 36.7 Å². The molecule has 2 aromatic rings. The van der Waals surface area contributed by atoms with Crippen LogP contribution in [0.3, 0.4) is 0 Å². The fourth-order valence-electron chi connectivity index (χ4n) is 4.66. The number of nitrogens with one attached hydrogen (secondary N) is 3. The number of likely N-dealkylation sites (N-methyl/N-ethyl adjacent to an activating group) is 1. The van der Waals surface area contributed by atoms with Gasteiger partial charge in [0.15, 0.2) is 0 Å². The Bertz CT molecular complexity index is 1010. The minimum atomic E-state index is -0.663. The van der Waals surface area contributed by atoms with Crippen LogP contribution in [-0.4, -0.2) is 95.2 Å². The molecule has 1 saturated heterocycles. The van der Waals surface area contributed by atoms with Gasteiger partial charge in [0.25, 0.3) is 5.91 Å². The molecule has 188 valence electrons. The summed E-state index contributed by atoms with van der Waals surface area (Å²) in [4.78, 5) is 36.9. The number of hydrogen-bond acceptors (Lipinski definition) is 8. The van der Waals surface area contributed by atoms with Gasteiger partial charge < -0.3 is 21.1 Å². The molecular weight excluding hydrogens is 446 g/mol. The third kappa shape index (κ3) is 7.20. The van der Waals surface area contributed by atoms with Crippen LogP contribution in [0.1, 0.15) is 34.5 Å². The summed E-state index contributed by atoms with van der Waals surface area (Å²) in [6.45, 7) is 4.43. The zero-order valence-electron chi connectivity index (χ0n) is 20.2. The van der Waals surface area contributed by atoms with Gasteiger partial charge in [-0.05, 0) is 30.4 Å². The van der Waals surface area contributed by atoms with Gasteiger partial charge in [-0.3, -0.25) is 19.4 Å². The second-order valence-corrected chi connectivity index (χ2v) is 9.27. The van der Waals surface area contributed by atoms with Gasteiger partial charge in [0.2, 0.25) is 5.91 Å². The maximum atomic E-state index is 12.6. The molecule has 1 aromatic carbocycles. The molecule has 0 bridgehead atoms. The molecule has 3 heterocycles. The lowest BCUT2D eigenvalue weighted by molar-refractivity contribution is -0.122. The minimum Gasteiger partial charge on any atom is -0.390 e. The highest BCUT2D eigenvalue weighted by molar-refractivity contribution is 5.92. The molecule has 10 heteroatoms. The molecule has 1 fully saturated rings. The number of hydrogen-bond donors (Lipinski definition) is 4. The Hall–Kier alpha value is -3.08. The molecular formula is C25H35N7O3. The molecule has 2 aliphatic heterocycles. The zero-order valence-corrected chi connectivity index (χ0v) is 20.2. The van der Waals surface area contributed by atoms with E-state index in [0.717, 1.165) is 45.4 Å². The Morgan fingerprint density at radius 3 is 2.66 bits per heavy atom. The number of carbonyl (C=O) groups is 2. The number of fused-ring (bicyclic) bond motifs is 1. The summed E-state index contributed by atoms with van der Waals surface area (Å²) in [5, 5.41) is 19.3. The van der Waals surface area contributed by atoms with E-state index in [1.165, 1.54) is 17.5 Å². The number of amides is 2. The summed E-state index contributed by atoms with van der Waals surface area (Å²) in [7, 11) is 1.65. The number of likely N-dealkylation sites (tertiary alicyclic amines) is 1. The van der Waals surface area contributed by atoms with Crippen molar-refractivity contribution in [1.29, 1.82) is 0 Å². The quantitative estimate of drug-likeness (QED) is 0.402. The number of rotatable bonds is 9. The third-order valence-electron chi connectivity index (χ3n) is 6.66. The van der Waals surface area contributed by atoms with E-state index in [4.69, 9.17) is 0 Å². The van der Waals surface area contributed by atoms with Crippen LogP contribution in [0.4, 0.5) is 5.82 Å². The fourth-order valence-corrected chi connectivity index (χ4v) is 4.66. The van der Waals surface area contributed by atoms with Crippen molar-refractivity contribution in [2.24, 2.45) is 0 Å². The molecule has 35 heavy (non-hydrogen) atoms. The predicted molar refractivity (Wildman–Crippen MR) is 133 cm³/mol. The van der Waals surface area contributed by atoms with Crippen LogP contribution in [0.5, 0.6) is 0 Å². The highest BCUT2D eigenvalue weighted by atomic mass is 16.3. The number of anilines is 1. The van der Waals surface area contributed by atoms with Crippen LogP contribution in [-0.2, 0) is 17.8 Å². The number of aromatic nitrogens is 2. The van der Waals surface area contributed by atoms with Crippen molar-refractivity contribution in [3.05, 3.63) is 53.5 Å². The molecule has 4 rings (SSSR count). The van der Waals surface area contributed by atoms with Gasteiger partial charge in [0.1, 0.15) is 17.8 Å². The van der Waals surface area contributed by atoms with E-state index in [-0.39, 0.29) is 30.1 Å². The number of piperidine rings is 1. The van der Waals surface area contributed by atoms with Gasteiger partial charge in [-0.2, -0.15) is 0 Å². The molecule has 1 atom stereocenters. The molecule has 2 aliphatic rings. The first-order chi connectivity index (χ1) is 17.0. The van der Waals surface area contributed by atoms with E-state index in [1.54, 1.807) is 13.1 Å². The third-order valence-corrected chi connectivity index (χ3v) is 6.66. The van der Waals surface area contributed by atoms with E-state index in [9.17, 15) is 14.7 Å². The van der Waals surface area contributed by atoms with E-state index in [1.807, 2.05) is 6.07 Å². The predicted octanol–water partition coefficient (Wildman–Crippen LogP) is 0.248. The van der Waals surface area contributed by atoms with Crippen LogP contribution < -0.4 is 16.0 Å². The topological polar surface area (TPSA) is 123 Å². The SMILES string of the molecule is CNC(=O)CN1CCC(Nc2cc(C(=O)NC[C@H](O)CN3CCc4ccccc4C3)ncn2)CC1. The minimum absolute atomic E-state index is 0.0224. The molecule has 10 nitrogen and oxygen atoms in total. The maximum Gasteiger partial charge on any atom is 0.270 e. The van der Waals surface area contributed by atoms with Gasteiger partial charge in [0, 0.05) is 58.4 Å². The highest BCUT2D eigenvalue weighted by Gasteiger charge is 2.22. The lowest BCUT2D eigenvalue weighted by Crippen LogP contribution is -2.43. The average Bonchev–Trinajstić information content (AvgIpc) is 2.88. The van der Waals surface area contributed by atoms with E-state index >= 15 is 0 Å². The molecule has 1 aromatic heterocycles. The van der Waals surface area contributed by atoms with Crippen LogP contribution in [0, 0.1) is 0 Å². The van der Waals surface area contributed by atoms with Crippen LogP contribution >= 0.6 is 0 Å². The Balaban J connectivity index is 1.21. The summed E-state index contributed by atoms with van der Waals surface area (Å²) < 4.78 is 0. The first-order valence-electron chi connectivity index (χ1n) is 12.3. The smallest absolute Gasteiger partial charge is 0.270 e. The van der Waals surface area contributed by atoms with Crippen molar-refractivity contribution in [2.75, 3.05) is 51.6 Å². The second kappa shape index (κ2) is 12.1. The van der Waals surface area contributed by atoms with Gasteiger partial charge in [-0.25, -0.2) is 9.97 Å². The Kier molecular flexibility index (Phi) is 8.62. The summed E-state index contributed by atoms with van der Waals surface area (Å²) in [6, 6.07) is 10.2. The van der Waals surface area contributed by atoms with E-state index in [0.29, 0.717) is 18.9 Å². The number of aliphatic hydroxyl groups is 1. The monoisotopic (exact) mass is 481 g/mol. The van der Waals surface area contributed by atoms with Crippen LogP contribution in [0.2, 0.25) is 0 Å². The number of β-amino-alcohol motifs (C(OH)–C–C–N with tert-alkyl or cyclic N) is 1. The second-order valence-electron chi connectivity index (χ2n) is 9.27. The molecule has 4 N–H and O–H groups in total. The number of nitrogens with zero attached hydrogens (tertiary/aromatic N) is 4. The van der Waals surface area contributed by atoms with Crippen molar-refractivity contribution in [3.8, 4) is 0 Å². The van der Waals surface area contributed by atoms with Gasteiger partial charge in [-0.1, -0.05) is 24.3 Å². The largest absolute Gasteiger partial charge is 0.390 e. The van der Waals surface area contributed by atoms with Gasteiger partial charge in [0.05, 0.1) is 12.6 Å². The van der Waals surface area contributed by atoms with Crippen molar-refractivity contribution >= 4 is 17.6 Å². The first-order valence-corrected chi connectivity index (χ1v) is 12.3. The highest BCUT2D eigenvalue weighted by Crippen LogP contribution is 2.18. The summed E-state index contributed by atoms with van der Waals surface area (Å²) >= 11 is 0. The first kappa shape index (κ1) is 25.0. The van der Waals surface area contributed by atoms with Crippen molar-refractivity contribution in [1.82, 2.24) is 30.4 Å². The Morgan fingerprint density at radius 2 is 1.89 bits per heavy atom. The number of benzene rings is 1. The van der Waals surface area contributed by atoms with Crippen LogP contribution in [0.25, 0.3) is 0 Å². The van der Waals surface area contributed by atoms with Crippen molar-refractivity contribution in [3.63, 3.8) is 0 Å². The zero-order chi connectivity index (χ0) is 24.6. The number of carbonyl (C=O) groups excluding carboxylic acids is 2. The Labute approximate surface area is 206 Å². The normalized spacial score (nSPS) is 17.9. The van der Waals surface area contributed by atoms with Crippen molar-refractivity contribution < 1.29 is 14.7 Å². The fraction of sp³-hybridized carbons (Fsp3) is 0.520. The lowest BCUT2D eigenvalue weighted by Gasteiger charge is -2.32. The summed E-state index contributed by atoms with van der Waals surface area (Å²) in [5.74, 6) is 0.288. The summed E-state index contributed by atoms with van der Waals surface area (Å²) in [5.41, 5.74) is 2.93. The Morgan fingerprint density at radius 1 is 1.11 bits per heavy atom. The summed E-state index contributed by atoms with van der Waals surface area (Å²) in [6.07, 6.45) is 3.45. The molecule has 0 spiro atoms. The maximum absolute atomic E-state index is 12.6. The van der Waals surface area contributed by atoms with Gasteiger partial charge >= 0.3 is 0 Å². The van der Waals surface area contributed by atoms with Crippen molar-refractivity contribution in [2.45, 2.75) is 38.0 Å². The molecule has 2 amide bonds. The van der Waals surface area contributed by atoms with E-state index in [2.05, 4.69) is 53.9 Å². The van der Waals surface area contributed by atoms with Gasteiger partial charge in [-0.15, -0.1) is 0 Å². The molecule has 0 saturated carbocycles. The average molecular weight is 482 g/mol. The lowest BCUT2D eigenvalue weighted by atomic mass is 10.00. The van der Waals surface area contributed by atoms with E-state index < -0.39 is 6.10 Å². The molecule has 0 radical (unpaired) electrons. The molecule has 0 unspecified atom stereocenters.